The predicted molar refractivity (Wildman–Crippen MR) is 204 cm³/mol. The Hall–Kier alpha value is -4.65. The van der Waals surface area contributed by atoms with E-state index in [9.17, 15) is 44.4 Å². The van der Waals surface area contributed by atoms with Crippen LogP contribution in [0.4, 0.5) is 5.13 Å². The second-order valence-corrected chi connectivity index (χ2v) is 17.8. The summed E-state index contributed by atoms with van der Waals surface area (Å²) in [7, 11) is 0. The van der Waals surface area contributed by atoms with Crippen LogP contribution in [0.1, 0.15) is 70.2 Å². The van der Waals surface area contributed by atoms with E-state index in [0.717, 1.165) is 37.0 Å². The monoisotopic (exact) mass is 815 g/mol. The minimum absolute atomic E-state index is 0.0579. The summed E-state index contributed by atoms with van der Waals surface area (Å²) in [5.41, 5.74) is 4.67. The molecule has 3 aromatic rings. The molecule has 0 spiro atoms. The molecule has 3 aliphatic heterocycles. The van der Waals surface area contributed by atoms with Gasteiger partial charge >= 0.3 is 11.9 Å². The topological polar surface area (TPSA) is 235 Å². The Morgan fingerprint density at radius 1 is 1.15 bits per heavy atom. The maximum absolute atomic E-state index is 14.1. The largest absolute Gasteiger partial charge is 0.504 e. The number of ketones is 1. The minimum Gasteiger partial charge on any atom is -0.504 e. The molecule has 19 heteroatoms. The van der Waals surface area contributed by atoms with Crippen LogP contribution in [0.2, 0.25) is 5.02 Å². The van der Waals surface area contributed by atoms with Crippen LogP contribution in [0.5, 0.6) is 11.5 Å². The van der Waals surface area contributed by atoms with Gasteiger partial charge in [-0.25, -0.2) is 14.6 Å². The lowest BCUT2D eigenvalue weighted by molar-refractivity contribution is -0.925. The van der Waals surface area contributed by atoms with Crippen LogP contribution in [0.15, 0.2) is 38.9 Å². The van der Waals surface area contributed by atoms with Gasteiger partial charge < -0.3 is 40.0 Å². The van der Waals surface area contributed by atoms with E-state index in [1.54, 1.807) is 6.20 Å². The van der Waals surface area contributed by atoms with Crippen LogP contribution in [-0.4, -0.2) is 105 Å². The summed E-state index contributed by atoms with van der Waals surface area (Å²) in [5, 5.41) is 45.1. The van der Waals surface area contributed by atoms with Gasteiger partial charge in [-0.1, -0.05) is 16.8 Å². The van der Waals surface area contributed by atoms with Crippen molar-refractivity contribution in [3.63, 3.8) is 0 Å². The molecular weight excluding hydrogens is 776 g/mol. The number of Topliss-reactive ketones (excluding diaryl/α,β-unsaturated/α-hetero) is 1. The first-order chi connectivity index (χ1) is 25.9. The summed E-state index contributed by atoms with van der Waals surface area (Å²) in [6.45, 7) is 6.20. The number of oxime groups is 1. The van der Waals surface area contributed by atoms with Crippen LogP contribution >= 0.6 is 34.7 Å². The molecule has 2 saturated heterocycles. The lowest BCUT2D eigenvalue weighted by atomic mass is 9.88. The number of carbonyl (C=O) groups excluding carboxylic acids is 2. The molecule has 7 rings (SSSR count). The molecule has 292 valence electrons. The number of nitrogens with zero attached hydrogens (tertiary/aromatic N) is 5. The number of nitrogens with two attached hydrogens (primary N) is 1. The number of likely N-dealkylation sites (tertiary alicyclic amines) is 1. The number of hydrogen-bond acceptors (Lipinski definition) is 13. The molecule has 1 amide bonds. The van der Waals surface area contributed by atoms with Gasteiger partial charge in [0.25, 0.3) is 0 Å². The van der Waals surface area contributed by atoms with E-state index < -0.39 is 52.0 Å². The second-order valence-electron chi connectivity index (χ2n) is 15.1. The molecule has 1 aliphatic carbocycles. The van der Waals surface area contributed by atoms with E-state index in [2.05, 4.69) is 10.1 Å². The summed E-state index contributed by atoms with van der Waals surface area (Å²) < 4.78 is 2.29. The zero-order valence-electron chi connectivity index (χ0n) is 30.2. The van der Waals surface area contributed by atoms with E-state index >= 15 is 0 Å². The molecule has 5 heterocycles. The number of phenols is 2. The highest BCUT2D eigenvalue weighted by Crippen LogP contribution is 2.49. The van der Waals surface area contributed by atoms with Crippen molar-refractivity contribution in [3.05, 3.63) is 55.4 Å². The first-order valence-electron chi connectivity index (χ1n) is 17.7. The van der Waals surface area contributed by atoms with Crippen molar-refractivity contribution < 1.29 is 48.9 Å². The number of nitrogen functional groups attached to an aromatic ring is 1. The third-order valence-corrected chi connectivity index (χ3v) is 13.4. The molecule has 1 saturated carbocycles. The zero-order chi connectivity index (χ0) is 39.7. The Morgan fingerprint density at radius 3 is 2.44 bits per heavy atom. The normalized spacial score (nSPS) is 22.5. The maximum Gasteiger partial charge on any atom is 0.352 e. The average Bonchev–Trinajstić information content (AvgIpc) is 3.72. The van der Waals surface area contributed by atoms with Gasteiger partial charge in [-0.2, -0.15) is 0 Å². The fourth-order valence-corrected chi connectivity index (χ4v) is 10.0. The number of β-lactam (4-membered cyclic amide) rings is 1. The van der Waals surface area contributed by atoms with Gasteiger partial charge in [-0.05, 0) is 33.6 Å². The number of thiazole rings is 1. The number of benzene rings is 1. The number of hydrogen-bond donors (Lipinski definition) is 5. The number of thioether (sulfide) groups is 1. The highest BCUT2D eigenvalue weighted by atomic mass is 35.5. The summed E-state index contributed by atoms with van der Waals surface area (Å²) >= 11 is 8.88. The molecule has 0 radical (unpaired) electrons. The molecule has 4 aliphatic rings. The van der Waals surface area contributed by atoms with Crippen LogP contribution < -0.4 is 11.2 Å². The highest BCUT2D eigenvalue weighted by Gasteiger charge is 2.56. The number of carboxylic acid groups (broad SMARTS) is 2. The molecule has 0 bridgehead atoms. The molecule has 3 atom stereocenters. The summed E-state index contributed by atoms with van der Waals surface area (Å²) in [4.78, 5) is 76.8. The number of fused-ring (bicyclic) bond motifs is 2. The average molecular weight is 816 g/mol. The van der Waals surface area contributed by atoms with Crippen LogP contribution in [-0.2, 0) is 30.6 Å². The number of halogens is 1. The molecule has 55 heavy (non-hydrogen) atoms. The number of phenolic OH excluding ortho intramolecular Hbond substituents is 2. The predicted octanol–water partition coefficient (Wildman–Crippen LogP) is 4.05. The Kier molecular flexibility index (Phi) is 9.92. The number of aromatic nitrogens is 2. The molecule has 0 unspecified atom stereocenters. The Morgan fingerprint density at radius 2 is 1.84 bits per heavy atom. The van der Waals surface area contributed by atoms with Gasteiger partial charge in [0.2, 0.25) is 11.5 Å². The van der Waals surface area contributed by atoms with E-state index in [4.69, 9.17) is 22.2 Å². The maximum atomic E-state index is 14.1. The van der Waals surface area contributed by atoms with E-state index in [1.807, 2.05) is 11.5 Å². The van der Waals surface area contributed by atoms with Crippen molar-refractivity contribution in [1.82, 2.24) is 14.5 Å². The van der Waals surface area contributed by atoms with Gasteiger partial charge in [0.05, 0.1) is 45.9 Å². The van der Waals surface area contributed by atoms with Gasteiger partial charge in [-0.3, -0.25) is 19.3 Å². The number of pyridine rings is 1. The number of rotatable bonds is 13. The van der Waals surface area contributed by atoms with Gasteiger partial charge in [0, 0.05) is 53.8 Å². The fraction of sp³-hybridized carbons (Fsp3) is 0.472. The van der Waals surface area contributed by atoms with Gasteiger partial charge in [-0.15, -0.1) is 23.1 Å². The second kappa shape index (κ2) is 14.1. The minimum atomic E-state index is -1.78. The molecule has 6 N–H and O–H groups in total. The molecule has 16 nitrogen and oxygen atoms in total. The zero-order valence-corrected chi connectivity index (χ0v) is 32.5. The SMILES string of the molecule is C[C@@H]1S[C@@H]2[C@H](CC(=O)/C(=N\OC(C)(C)C(=O)O)c3csc(N)n3)C(=O)N2C(C(=O)O)=C1C[N+]1(Cc2cn(C3CC3)c3cc(O)c(O)c(Cl)c3c2=O)CCCC1. The lowest BCUT2D eigenvalue weighted by Crippen LogP contribution is -2.63. The van der Waals surface area contributed by atoms with E-state index in [-0.39, 0.29) is 68.9 Å². The summed E-state index contributed by atoms with van der Waals surface area (Å²) in [5.74, 6) is -5.70. The van der Waals surface area contributed by atoms with Gasteiger partial charge in [0.15, 0.2) is 33.6 Å². The first kappa shape index (κ1) is 38.6. The van der Waals surface area contributed by atoms with Crippen molar-refractivity contribution in [1.29, 1.82) is 0 Å². The standard InChI is InChI=1S/C36H39ClN6O10S2/c1-16-20(14-43(8-4-5-9-43)13-17-12-41(18-6-7-18)22-11-24(45)30(47)26(37)25(22)29(17)46)28(33(49)50)42-31(48)19(32(42)55-16)10-23(44)27(21-15-54-35(38)39-21)40-53-36(2,3)34(51)52/h11-12,15-16,18-19,32H,4-10,13-14H2,1-3H3,(H5-,38,39,40,44,45,46,47,49,50,51,52)/p+1/t16-,19+,32+/m0/s1. The quantitative estimate of drug-likeness (QED) is 0.0539. The fourth-order valence-electron chi connectivity index (χ4n) is 7.68. The number of carbonyl (C=O) groups is 4. The van der Waals surface area contributed by atoms with E-state index in [1.165, 1.54) is 42.0 Å². The first-order valence-corrected chi connectivity index (χ1v) is 20.0. The number of carboxylic acids is 2. The molecule has 1 aromatic carbocycles. The smallest absolute Gasteiger partial charge is 0.352 e. The highest BCUT2D eigenvalue weighted by molar-refractivity contribution is 8.00. The van der Waals surface area contributed by atoms with Crippen LogP contribution in [0, 0.1) is 5.92 Å². The number of quaternary nitrogens is 1. The van der Waals surface area contributed by atoms with Crippen molar-refractivity contribution in [2.45, 2.75) is 81.7 Å². The third-order valence-electron chi connectivity index (χ3n) is 10.8. The Bertz CT molecular complexity index is 2280. The molecular formula is C36H40ClN6O10S2+. The van der Waals surface area contributed by atoms with Crippen molar-refractivity contribution in [3.8, 4) is 11.5 Å². The third kappa shape index (κ3) is 6.93. The number of aliphatic carboxylic acids is 2. The van der Waals surface area contributed by atoms with Crippen molar-refractivity contribution >= 4 is 80.1 Å². The van der Waals surface area contributed by atoms with Crippen LogP contribution in [0.3, 0.4) is 0 Å². The number of amides is 1. The van der Waals surface area contributed by atoms with Crippen molar-refractivity contribution in [2.24, 2.45) is 11.1 Å². The number of aromatic hydroxyl groups is 2. The van der Waals surface area contributed by atoms with Crippen molar-refractivity contribution in [2.75, 3.05) is 25.4 Å². The van der Waals surface area contributed by atoms with E-state index in [0.29, 0.717) is 34.2 Å². The summed E-state index contributed by atoms with van der Waals surface area (Å²) in [6, 6.07) is 1.45. The van der Waals surface area contributed by atoms with Crippen LogP contribution in [0.25, 0.3) is 10.9 Å². The Labute approximate surface area is 327 Å². The number of anilines is 1. The summed E-state index contributed by atoms with van der Waals surface area (Å²) in [6.07, 6.45) is 4.87. The lowest BCUT2D eigenvalue weighted by Gasteiger charge is -2.51. The van der Waals surface area contributed by atoms with Gasteiger partial charge in [0.1, 0.15) is 24.5 Å². The molecule has 3 fully saturated rings. The molecule has 2 aromatic heterocycles. The Balaban J connectivity index is 1.18.